The first kappa shape index (κ1) is 44.1. The molecule has 0 unspecified atom stereocenters. The van der Waals surface area contributed by atoms with E-state index < -0.39 is 11.7 Å². The fourth-order valence-corrected chi connectivity index (χ4v) is 11.9. The molecule has 13 aromatic rings. The first-order chi connectivity index (χ1) is 35.3. The van der Waals surface area contributed by atoms with Crippen molar-refractivity contribution in [2.75, 3.05) is 0 Å². The Morgan fingerprint density at radius 1 is 0.342 bits per heavy atom. The molecule has 0 fully saturated rings. The summed E-state index contributed by atoms with van der Waals surface area (Å²) in [6.45, 7) is 12.7. The van der Waals surface area contributed by atoms with Crippen molar-refractivity contribution >= 4 is 65.4 Å². The van der Waals surface area contributed by atoms with E-state index in [-0.39, 0.29) is 29.0 Å². The van der Waals surface area contributed by atoms with Gasteiger partial charge in [0, 0.05) is 37.9 Å². The van der Waals surface area contributed by atoms with Crippen molar-refractivity contribution in [1.82, 2.24) is 28.7 Å². The van der Waals surface area contributed by atoms with Crippen LogP contribution >= 0.6 is 0 Å². The summed E-state index contributed by atoms with van der Waals surface area (Å²) >= 11 is 0. The molecule has 13 rings (SSSR count). The third-order valence-electron chi connectivity index (χ3n) is 14.7. The fraction of sp³-hybridized carbons (Fsp3) is 0.109. The number of para-hydroxylation sites is 4. The van der Waals surface area contributed by atoms with Crippen LogP contribution in [-0.2, 0) is 6.18 Å². The Balaban J connectivity index is 1.07. The van der Waals surface area contributed by atoms with E-state index in [1.165, 1.54) is 17.2 Å². The SMILES string of the molecule is Cc1cc(C)c(-c2ccc3c(c2)c2cc(-c4c(C)cc(C)cc4C)ccc2n3-c2ccc(-c3nc(-n4c5ccccc5c5ccccc54)nc(-n4c5ccccc5c5ccccc54)n3)cc2C(F)(F)F)c(C)c1. The van der Waals surface area contributed by atoms with Crippen LogP contribution in [0.5, 0.6) is 0 Å². The van der Waals surface area contributed by atoms with Gasteiger partial charge in [-0.25, -0.2) is 0 Å². The molecule has 4 aromatic heterocycles. The van der Waals surface area contributed by atoms with Crippen LogP contribution in [-0.4, -0.2) is 28.7 Å². The molecule has 0 spiro atoms. The molecule has 0 amide bonds. The molecular weight excluding hydrogens is 910 g/mol. The molecule has 0 atom stereocenters. The van der Waals surface area contributed by atoms with Crippen LogP contribution in [0.4, 0.5) is 13.2 Å². The number of rotatable bonds is 6. The van der Waals surface area contributed by atoms with Crippen LogP contribution in [0.3, 0.4) is 0 Å². The number of benzene rings is 9. The van der Waals surface area contributed by atoms with Crippen LogP contribution in [0.1, 0.15) is 38.9 Å². The van der Waals surface area contributed by atoms with Gasteiger partial charge in [-0.3, -0.25) is 9.13 Å². The van der Waals surface area contributed by atoms with Gasteiger partial charge in [-0.15, -0.1) is 0 Å². The quantitative estimate of drug-likeness (QED) is 0.167. The van der Waals surface area contributed by atoms with Gasteiger partial charge in [0.1, 0.15) is 0 Å². The topological polar surface area (TPSA) is 53.5 Å². The molecule has 73 heavy (non-hydrogen) atoms. The van der Waals surface area contributed by atoms with E-state index in [1.54, 1.807) is 16.7 Å². The zero-order valence-electron chi connectivity index (χ0n) is 41.1. The molecule has 9 heteroatoms. The maximum Gasteiger partial charge on any atom is 0.418 e. The fourth-order valence-electron chi connectivity index (χ4n) is 11.9. The third kappa shape index (κ3) is 6.97. The minimum Gasteiger partial charge on any atom is -0.309 e. The van der Waals surface area contributed by atoms with Gasteiger partial charge in [0.25, 0.3) is 0 Å². The second-order valence-electron chi connectivity index (χ2n) is 19.6. The van der Waals surface area contributed by atoms with Crippen molar-refractivity contribution in [1.29, 1.82) is 0 Å². The Hall–Kier alpha value is -8.82. The van der Waals surface area contributed by atoms with Gasteiger partial charge in [-0.05, 0) is 153 Å². The Bertz CT molecular complexity index is 4050. The first-order valence-electron chi connectivity index (χ1n) is 24.5. The number of nitrogens with zero attached hydrogens (tertiary/aromatic N) is 6. The second kappa shape index (κ2) is 16.4. The van der Waals surface area contributed by atoms with Crippen molar-refractivity contribution in [3.63, 3.8) is 0 Å². The molecule has 4 heterocycles. The number of hydrogen-bond donors (Lipinski definition) is 0. The van der Waals surface area contributed by atoms with Gasteiger partial charge in [0.05, 0.1) is 44.4 Å². The van der Waals surface area contributed by atoms with E-state index in [2.05, 4.69) is 102 Å². The lowest BCUT2D eigenvalue weighted by molar-refractivity contribution is -0.137. The summed E-state index contributed by atoms with van der Waals surface area (Å²) in [6, 6.07) is 57.7. The van der Waals surface area contributed by atoms with Crippen LogP contribution in [0.25, 0.3) is 117 Å². The highest BCUT2D eigenvalue weighted by Gasteiger charge is 2.36. The summed E-state index contributed by atoms with van der Waals surface area (Å²) in [6.07, 6.45) is -4.78. The summed E-state index contributed by atoms with van der Waals surface area (Å²) < 4.78 is 54.3. The number of fused-ring (bicyclic) bond motifs is 9. The largest absolute Gasteiger partial charge is 0.418 e. The number of aryl methyl sites for hydroxylation is 6. The molecule has 6 nitrogen and oxygen atoms in total. The van der Waals surface area contributed by atoms with Crippen molar-refractivity contribution in [2.45, 2.75) is 47.7 Å². The molecule has 0 bridgehead atoms. The summed E-state index contributed by atoms with van der Waals surface area (Å²) in [5, 5.41) is 5.72. The van der Waals surface area contributed by atoms with Crippen LogP contribution in [0.2, 0.25) is 0 Å². The Kier molecular flexibility index (Phi) is 9.90. The molecule has 0 aliphatic rings. The second-order valence-corrected chi connectivity index (χ2v) is 19.6. The molecule has 0 saturated carbocycles. The maximum atomic E-state index is 16.2. The Morgan fingerprint density at radius 2 is 0.699 bits per heavy atom. The van der Waals surface area contributed by atoms with Crippen molar-refractivity contribution in [3.8, 4) is 51.2 Å². The number of aromatic nitrogens is 6. The van der Waals surface area contributed by atoms with Crippen LogP contribution in [0, 0.1) is 41.5 Å². The van der Waals surface area contributed by atoms with Crippen LogP contribution in [0.15, 0.2) is 176 Å². The molecule has 0 aliphatic heterocycles. The number of alkyl halides is 3. The lowest BCUT2D eigenvalue weighted by Gasteiger charge is -2.18. The first-order valence-corrected chi connectivity index (χ1v) is 24.5. The van der Waals surface area contributed by atoms with Gasteiger partial charge in [0.15, 0.2) is 5.82 Å². The molecule has 0 radical (unpaired) electrons. The standard InChI is InChI=1S/C64H47F3N6/c1-36-29-38(3)59(39(4)30-36)42-23-26-56-49(33-42)50-34-43(60-40(5)31-37(2)32-41(60)6)24-27-57(50)71(56)58-28-25-44(35-51(58)64(65,66)67)61-68-62(72-52-19-11-7-15-45(52)46-16-8-12-20-53(46)72)70-63(69-61)73-54-21-13-9-17-47(54)48-18-10-14-22-55(48)73/h7-35H,1-6H3. The predicted molar refractivity (Wildman–Crippen MR) is 293 cm³/mol. The molecule has 0 N–H and O–H groups in total. The molecule has 0 aliphatic carbocycles. The molecule has 354 valence electrons. The van der Waals surface area contributed by atoms with E-state index >= 15 is 13.2 Å². The summed E-state index contributed by atoms with van der Waals surface area (Å²) in [5.41, 5.74) is 15.3. The van der Waals surface area contributed by atoms with Gasteiger partial charge in [-0.1, -0.05) is 120 Å². The zero-order chi connectivity index (χ0) is 50.0. The van der Waals surface area contributed by atoms with Crippen molar-refractivity contribution in [2.24, 2.45) is 0 Å². The predicted octanol–water partition coefficient (Wildman–Crippen LogP) is 17.0. The average Bonchev–Trinajstić information content (AvgIpc) is 4.01. The van der Waals surface area contributed by atoms with E-state index in [0.29, 0.717) is 11.0 Å². The highest BCUT2D eigenvalue weighted by molar-refractivity contribution is 6.13. The Labute approximate surface area is 419 Å². The van der Waals surface area contributed by atoms with E-state index in [4.69, 9.17) is 15.0 Å². The minimum atomic E-state index is -4.78. The van der Waals surface area contributed by atoms with Crippen molar-refractivity contribution in [3.05, 3.63) is 215 Å². The smallest absolute Gasteiger partial charge is 0.309 e. The molecule has 0 saturated heterocycles. The summed E-state index contributed by atoms with van der Waals surface area (Å²) in [5.74, 6) is 0.665. The van der Waals surface area contributed by atoms with E-state index in [0.717, 1.165) is 98.9 Å². The lowest BCUT2D eigenvalue weighted by Crippen LogP contribution is -2.13. The number of hydrogen-bond acceptors (Lipinski definition) is 3. The molecule has 9 aromatic carbocycles. The number of halogens is 3. The third-order valence-corrected chi connectivity index (χ3v) is 14.7. The Morgan fingerprint density at radius 3 is 1.08 bits per heavy atom. The highest BCUT2D eigenvalue weighted by Crippen LogP contribution is 2.44. The monoisotopic (exact) mass is 956 g/mol. The minimum absolute atomic E-state index is 0.00134. The zero-order valence-corrected chi connectivity index (χ0v) is 41.1. The van der Waals surface area contributed by atoms with Gasteiger partial charge in [-0.2, -0.15) is 28.1 Å². The highest BCUT2D eigenvalue weighted by atomic mass is 19.4. The van der Waals surface area contributed by atoms with Crippen LogP contribution < -0.4 is 0 Å². The summed E-state index contributed by atoms with van der Waals surface area (Å²) in [4.78, 5) is 15.4. The van der Waals surface area contributed by atoms with Gasteiger partial charge < -0.3 is 4.57 Å². The normalized spacial score (nSPS) is 12.2. The lowest BCUT2D eigenvalue weighted by atomic mass is 9.91. The van der Waals surface area contributed by atoms with Crippen molar-refractivity contribution < 1.29 is 13.2 Å². The van der Waals surface area contributed by atoms with E-state index in [1.807, 2.05) is 106 Å². The molecular formula is C64H47F3N6. The van der Waals surface area contributed by atoms with Gasteiger partial charge >= 0.3 is 6.18 Å². The summed E-state index contributed by atoms with van der Waals surface area (Å²) in [7, 11) is 0. The maximum absolute atomic E-state index is 16.2. The van der Waals surface area contributed by atoms with Gasteiger partial charge in [0.2, 0.25) is 11.9 Å². The average molecular weight is 957 g/mol. The van der Waals surface area contributed by atoms with E-state index in [9.17, 15) is 0 Å².